The van der Waals surface area contributed by atoms with E-state index in [-0.39, 0.29) is 5.91 Å². The summed E-state index contributed by atoms with van der Waals surface area (Å²) in [4.78, 5) is 19.0. The maximum absolute atomic E-state index is 13.2. The Morgan fingerprint density at radius 1 is 1.16 bits per heavy atom. The zero-order valence-corrected chi connectivity index (χ0v) is 19.5. The number of pyridine rings is 1. The fraction of sp³-hybridized carbons (Fsp3) is 0.136. The number of nitrogens with one attached hydrogen (secondary N) is 1. The molecule has 0 saturated carbocycles. The van der Waals surface area contributed by atoms with Crippen molar-refractivity contribution in [3.63, 3.8) is 0 Å². The molecule has 0 aliphatic heterocycles. The highest BCUT2D eigenvalue weighted by Crippen LogP contribution is 2.31. The Morgan fingerprint density at radius 2 is 2.03 bits per heavy atom. The van der Waals surface area contributed by atoms with Crippen molar-refractivity contribution in [2.75, 3.05) is 5.32 Å². The highest BCUT2D eigenvalue weighted by Gasteiger charge is 2.19. The lowest BCUT2D eigenvalue weighted by Crippen LogP contribution is -2.13. The van der Waals surface area contributed by atoms with E-state index in [4.69, 9.17) is 4.98 Å². The van der Waals surface area contributed by atoms with Crippen molar-refractivity contribution >= 4 is 56.5 Å². The lowest BCUT2D eigenvalue weighted by molar-refractivity contribution is 0.102. The number of rotatable bonds is 7. The second-order valence-electron chi connectivity index (χ2n) is 6.83. The molecule has 0 aliphatic rings. The molecule has 160 valence electrons. The molecule has 32 heavy (non-hydrogen) atoms. The van der Waals surface area contributed by atoms with Crippen molar-refractivity contribution < 1.29 is 4.79 Å². The second-order valence-corrected chi connectivity index (χ2v) is 9.98. The second kappa shape index (κ2) is 9.19. The first-order valence-corrected chi connectivity index (χ1v) is 12.6. The lowest BCUT2D eigenvalue weighted by Gasteiger charge is -2.07. The number of hydrogen-bond donors (Lipinski definition) is 1. The van der Waals surface area contributed by atoms with Gasteiger partial charge < -0.3 is 0 Å². The molecule has 1 amide bonds. The number of carbonyl (C=O) groups is 1. The van der Waals surface area contributed by atoms with E-state index in [1.165, 1.54) is 16.9 Å². The summed E-state index contributed by atoms with van der Waals surface area (Å²) in [5.41, 5.74) is 3.18. The first kappa shape index (κ1) is 20.8. The number of fused-ring (bicyclic) bond motifs is 1. The molecular formula is C22H18N6OS3. The minimum absolute atomic E-state index is 0.249. The largest absolute Gasteiger partial charge is 0.296 e. The smallest absolute Gasteiger partial charge is 0.258 e. The number of thiophene rings is 1. The van der Waals surface area contributed by atoms with Gasteiger partial charge in [-0.2, -0.15) is 5.10 Å². The summed E-state index contributed by atoms with van der Waals surface area (Å²) in [6, 6.07) is 16.0. The minimum atomic E-state index is -0.249. The van der Waals surface area contributed by atoms with E-state index in [1.807, 2.05) is 48.7 Å². The molecule has 0 unspecified atom stereocenters. The van der Waals surface area contributed by atoms with Gasteiger partial charge >= 0.3 is 0 Å². The fourth-order valence-electron chi connectivity index (χ4n) is 3.22. The van der Waals surface area contributed by atoms with Crippen LogP contribution in [0.3, 0.4) is 0 Å². The summed E-state index contributed by atoms with van der Waals surface area (Å²) in [5.74, 6) is 0.552. The van der Waals surface area contributed by atoms with Gasteiger partial charge in [0.05, 0.1) is 27.7 Å². The van der Waals surface area contributed by atoms with Crippen molar-refractivity contribution in [1.29, 1.82) is 0 Å². The van der Waals surface area contributed by atoms with Crippen LogP contribution in [0, 0.1) is 0 Å². The summed E-state index contributed by atoms with van der Waals surface area (Å²) in [7, 11) is 0. The molecule has 7 nitrogen and oxygen atoms in total. The van der Waals surface area contributed by atoms with Crippen LogP contribution >= 0.6 is 34.4 Å². The third-order valence-corrected chi connectivity index (χ3v) is 7.69. The zero-order valence-electron chi connectivity index (χ0n) is 17.1. The van der Waals surface area contributed by atoms with Crippen molar-refractivity contribution in [2.24, 2.45) is 0 Å². The molecule has 4 aromatic heterocycles. The molecule has 0 spiro atoms. The van der Waals surface area contributed by atoms with E-state index in [0.29, 0.717) is 28.3 Å². The number of thioether (sulfide) groups is 1. The maximum Gasteiger partial charge on any atom is 0.258 e. The molecule has 4 heterocycles. The molecule has 0 bridgehead atoms. The maximum atomic E-state index is 13.2. The van der Waals surface area contributed by atoms with Crippen molar-refractivity contribution in [3.8, 4) is 10.6 Å². The van der Waals surface area contributed by atoms with Gasteiger partial charge in [0, 0.05) is 12.3 Å². The molecule has 0 radical (unpaired) electrons. The average Bonchev–Trinajstić information content (AvgIpc) is 3.58. The molecule has 5 aromatic rings. The van der Waals surface area contributed by atoms with Crippen molar-refractivity contribution in [3.05, 3.63) is 71.2 Å². The number of benzene rings is 1. The van der Waals surface area contributed by atoms with Crippen LogP contribution in [0.4, 0.5) is 5.13 Å². The average molecular weight is 479 g/mol. The van der Waals surface area contributed by atoms with Gasteiger partial charge in [-0.15, -0.1) is 21.5 Å². The van der Waals surface area contributed by atoms with Gasteiger partial charge in [-0.05, 0) is 30.0 Å². The van der Waals surface area contributed by atoms with E-state index in [0.717, 1.165) is 20.7 Å². The van der Waals surface area contributed by atoms with Crippen molar-refractivity contribution in [2.45, 2.75) is 23.6 Å². The molecule has 10 heteroatoms. The van der Waals surface area contributed by atoms with Crippen LogP contribution in [0.1, 0.15) is 22.8 Å². The number of anilines is 1. The Labute approximate surface area is 196 Å². The Kier molecular flexibility index (Phi) is 5.97. The Bertz CT molecular complexity index is 1360. The van der Waals surface area contributed by atoms with Gasteiger partial charge in [-0.3, -0.25) is 10.1 Å². The number of hydrogen-bond acceptors (Lipinski definition) is 8. The first-order chi connectivity index (χ1) is 15.7. The van der Waals surface area contributed by atoms with Gasteiger partial charge in [-0.1, -0.05) is 59.5 Å². The summed E-state index contributed by atoms with van der Waals surface area (Å²) >= 11 is 4.55. The van der Waals surface area contributed by atoms with Crippen molar-refractivity contribution in [1.82, 2.24) is 25.0 Å². The summed E-state index contributed by atoms with van der Waals surface area (Å²) in [5, 5.41) is 18.8. The summed E-state index contributed by atoms with van der Waals surface area (Å²) < 4.78 is 2.61. The molecule has 0 fully saturated rings. The van der Waals surface area contributed by atoms with Crippen LogP contribution in [0.25, 0.3) is 21.6 Å². The topological polar surface area (TPSA) is 85.6 Å². The first-order valence-electron chi connectivity index (χ1n) is 9.93. The highest BCUT2D eigenvalue weighted by molar-refractivity contribution is 8.00. The standard InChI is InChI=1S/C22H18N6OS3/c1-2-28-19-16(12-23-28)15(11-17(24-19)18-9-6-10-30-18)20(29)25-21-26-27-22(32-21)31-13-14-7-4-3-5-8-14/h3-12H,2,13H2,1H3,(H,25,26,29). The predicted molar refractivity (Wildman–Crippen MR) is 130 cm³/mol. The number of carbonyl (C=O) groups excluding carboxylic acids is 1. The molecule has 0 saturated heterocycles. The molecule has 0 aliphatic carbocycles. The van der Waals surface area contributed by atoms with Gasteiger partial charge in [0.2, 0.25) is 5.13 Å². The third kappa shape index (κ3) is 4.29. The Hall–Kier alpha value is -3.08. The van der Waals surface area contributed by atoms with Crippen LogP contribution in [0.5, 0.6) is 0 Å². The van der Waals surface area contributed by atoms with Gasteiger partial charge in [0.15, 0.2) is 9.99 Å². The van der Waals surface area contributed by atoms with Gasteiger partial charge in [-0.25, -0.2) is 9.67 Å². The van der Waals surface area contributed by atoms with Gasteiger partial charge in [0.25, 0.3) is 5.91 Å². The number of nitrogens with zero attached hydrogens (tertiary/aromatic N) is 5. The SMILES string of the molecule is CCn1ncc2c(C(=O)Nc3nnc(SCc4ccccc4)s3)cc(-c3cccs3)nc21. The number of aryl methyl sites for hydroxylation is 1. The van der Waals surface area contributed by atoms with Crippen LogP contribution in [-0.2, 0) is 12.3 Å². The zero-order chi connectivity index (χ0) is 21.9. The van der Waals surface area contributed by atoms with E-state index < -0.39 is 0 Å². The monoisotopic (exact) mass is 478 g/mol. The predicted octanol–water partition coefficient (Wildman–Crippen LogP) is 5.58. The highest BCUT2D eigenvalue weighted by atomic mass is 32.2. The molecule has 5 rings (SSSR count). The van der Waals surface area contributed by atoms with Gasteiger partial charge in [0.1, 0.15) is 0 Å². The quantitative estimate of drug-likeness (QED) is 0.243. The molecule has 1 aromatic carbocycles. The van der Waals surface area contributed by atoms with E-state index in [2.05, 4.69) is 32.7 Å². The summed E-state index contributed by atoms with van der Waals surface area (Å²) in [6.45, 7) is 2.67. The minimum Gasteiger partial charge on any atom is -0.296 e. The summed E-state index contributed by atoms with van der Waals surface area (Å²) in [6.07, 6.45) is 1.69. The fourth-order valence-corrected chi connectivity index (χ4v) is 5.61. The normalized spacial score (nSPS) is 11.2. The van der Waals surface area contributed by atoms with Crippen LogP contribution in [0.15, 0.2) is 64.4 Å². The van der Waals surface area contributed by atoms with Crippen LogP contribution in [-0.4, -0.2) is 30.9 Å². The number of amides is 1. The Morgan fingerprint density at radius 3 is 2.81 bits per heavy atom. The van der Waals surface area contributed by atoms with E-state index >= 15 is 0 Å². The third-order valence-electron chi connectivity index (χ3n) is 4.76. The lowest BCUT2D eigenvalue weighted by atomic mass is 10.1. The molecule has 0 atom stereocenters. The Balaban J connectivity index is 1.39. The number of aromatic nitrogens is 5. The van der Waals surface area contributed by atoms with E-state index in [1.54, 1.807) is 34.0 Å². The van der Waals surface area contributed by atoms with E-state index in [9.17, 15) is 4.79 Å². The van der Waals surface area contributed by atoms with Crippen LogP contribution in [0.2, 0.25) is 0 Å². The molecular weight excluding hydrogens is 460 g/mol. The molecule has 1 N–H and O–H groups in total. The van der Waals surface area contributed by atoms with Crippen LogP contribution < -0.4 is 5.32 Å².